The van der Waals surface area contributed by atoms with E-state index >= 15 is 0 Å². The Labute approximate surface area is 98.5 Å². The van der Waals surface area contributed by atoms with Crippen LogP contribution in [0.5, 0.6) is 11.5 Å². The van der Waals surface area contributed by atoms with Crippen molar-refractivity contribution < 1.29 is 14.2 Å². The monoisotopic (exact) mass is 274 g/mol. The molecule has 0 amide bonds. The Morgan fingerprint density at radius 3 is 2.67 bits per heavy atom. The highest BCUT2D eigenvalue weighted by molar-refractivity contribution is 9.08. The van der Waals surface area contributed by atoms with E-state index < -0.39 is 0 Å². The lowest BCUT2D eigenvalue weighted by Gasteiger charge is -2.11. The maximum Gasteiger partial charge on any atom is 0.189 e. The van der Waals surface area contributed by atoms with Gasteiger partial charge in [0.1, 0.15) is 0 Å². The molecule has 0 aromatic heterocycles. The second-order valence-electron chi connectivity index (χ2n) is 2.87. The van der Waals surface area contributed by atoms with Gasteiger partial charge in [0.05, 0.1) is 7.11 Å². The predicted octanol–water partition coefficient (Wildman–Crippen LogP) is 2.96. The summed E-state index contributed by atoms with van der Waals surface area (Å²) in [5.41, 5.74) is 1.14. The topological polar surface area (TPSA) is 27.7 Å². The van der Waals surface area contributed by atoms with Crippen molar-refractivity contribution in [1.29, 1.82) is 0 Å². The maximum absolute atomic E-state index is 5.44. The molecule has 0 unspecified atom stereocenters. The Morgan fingerprint density at radius 2 is 2.07 bits per heavy atom. The van der Waals surface area contributed by atoms with Gasteiger partial charge >= 0.3 is 0 Å². The molecule has 1 aromatic carbocycles. The van der Waals surface area contributed by atoms with Crippen molar-refractivity contribution in [2.75, 3.05) is 20.5 Å². The van der Waals surface area contributed by atoms with Crippen molar-refractivity contribution in [3.05, 3.63) is 23.8 Å². The molecular weight excluding hydrogens is 260 g/mol. The van der Waals surface area contributed by atoms with E-state index in [4.69, 9.17) is 14.2 Å². The van der Waals surface area contributed by atoms with Gasteiger partial charge in [0.15, 0.2) is 18.3 Å². The second kappa shape index (κ2) is 6.69. The fourth-order valence-corrected chi connectivity index (χ4v) is 1.45. The summed E-state index contributed by atoms with van der Waals surface area (Å²) in [6.07, 6.45) is 0. The Bertz CT molecular complexity index is 302. The molecule has 0 atom stereocenters. The number of hydrogen-bond acceptors (Lipinski definition) is 3. The van der Waals surface area contributed by atoms with Gasteiger partial charge < -0.3 is 14.2 Å². The molecule has 3 nitrogen and oxygen atoms in total. The average molecular weight is 275 g/mol. The minimum Gasteiger partial charge on any atom is -0.493 e. The molecule has 0 heterocycles. The summed E-state index contributed by atoms with van der Waals surface area (Å²) in [6.45, 7) is 2.81. The van der Waals surface area contributed by atoms with Gasteiger partial charge in [-0.05, 0) is 24.6 Å². The highest BCUT2D eigenvalue weighted by Crippen LogP contribution is 2.28. The van der Waals surface area contributed by atoms with E-state index in [2.05, 4.69) is 15.9 Å². The van der Waals surface area contributed by atoms with Crippen LogP contribution in [0.1, 0.15) is 12.5 Å². The van der Waals surface area contributed by atoms with E-state index in [1.54, 1.807) is 7.11 Å². The SMILES string of the molecule is CCOCOc1cc(CBr)ccc1OC. The van der Waals surface area contributed by atoms with E-state index in [1.807, 2.05) is 25.1 Å². The van der Waals surface area contributed by atoms with Crippen molar-refractivity contribution in [2.24, 2.45) is 0 Å². The Hall–Kier alpha value is -0.740. The van der Waals surface area contributed by atoms with E-state index in [1.165, 1.54) is 0 Å². The van der Waals surface area contributed by atoms with Crippen LogP contribution in [0.2, 0.25) is 0 Å². The Kier molecular flexibility index (Phi) is 5.50. The fourth-order valence-electron chi connectivity index (χ4n) is 1.11. The first-order valence-corrected chi connectivity index (χ1v) is 5.87. The molecule has 0 spiro atoms. The summed E-state index contributed by atoms with van der Waals surface area (Å²) in [6, 6.07) is 5.81. The van der Waals surface area contributed by atoms with E-state index in [-0.39, 0.29) is 6.79 Å². The number of methoxy groups -OCH3 is 1. The minimum absolute atomic E-state index is 0.249. The molecular formula is C11H15BrO3. The quantitative estimate of drug-likeness (QED) is 0.454. The summed E-state index contributed by atoms with van der Waals surface area (Å²) in [5, 5.41) is 0.794. The van der Waals surface area contributed by atoms with E-state index in [9.17, 15) is 0 Å². The van der Waals surface area contributed by atoms with Crippen LogP contribution in [-0.4, -0.2) is 20.5 Å². The molecule has 0 saturated heterocycles. The van der Waals surface area contributed by atoms with Crippen LogP contribution in [0.25, 0.3) is 0 Å². The lowest BCUT2D eigenvalue weighted by Crippen LogP contribution is -2.03. The van der Waals surface area contributed by atoms with Gasteiger partial charge in [-0.1, -0.05) is 22.0 Å². The zero-order valence-electron chi connectivity index (χ0n) is 8.96. The largest absolute Gasteiger partial charge is 0.493 e. The van der Waals surface area contributed by atoms with Crippen LogP contribution >= 0.6 is 15.9 Å². The standard InChI is InChI=1S/C11H15BrO3/c1-3-14-8-15-11-6-9(7-12)4-5-10(11)13-2/h4-6H,3,7-8H2,1-2H3. The molecule has 0 bridgehead atoms. The fraction of sp³-hybridized carbons (Fsp3) is 0.455. The van der Waals surface area contributed by atoms with Crippen LogP contribution < -0.4 is 9.47 Å². The molecule has 84 valence electrons. The van der Waals surface area contributed by atoms with Crippen molar-refractivity contribution in [1.82, 2.24) is 0 Å². The lowest BCUT2D eigenvalue weighted by molar-refractivity contribution is 0.0209. The third-order valence-electron chi connectivity index (χ3n) is 1.88. The van der Waals surface area contributed by atoms with Gasteiger partial charge in [0, 0.05) is 11.9 Å². The maximum atomic E-state index is 5.44. The third kappa shape index (κ3) is 3.72. The summed E-state index contributed by atoms with van der Waals surface area (Å²) in [5.74, 6) is 1.43. The summed E-state index contributed by atoms with van der Waals surface area (Å²) in [4.78, 5) is 0. The van der Waals surface area contributed by atoms with Crippen LogP contribution in [0, 0.1) is 0 Å². The normalized spacial score (nSPS) is 10.1. The van der Waals surface area contributed by atoms with Gasteiger partial charge in [0.2, 0.25) is 0 Å². The predicted molar refractivity (Wildman–Crippen MR) is 62.7 cm³/mol. The molecule has 15 heavy (non-hydrogen) atoms. The van der Waals surface area contributed by atoms with Crippen molar-refractivity contribution in [2.45, 2.75) is 12.3 Å². The first-order valence-electron chi connectivity index (χ1n) is 4.75. The smallest absolute Gasteiger partial charge is 0.189 e. The zero-order chi connectivity index (χ0) is 11.1. The minimum atomic E-state index is 0.249. The third-order valence-corrected chi connectivity index (χ3v) is 2.53. The number of ether oxygens (including phenoxy) is 3. The molecule has 1 aromatic rings. The number of halogens is 1. The van der Waals surface area contributed by atoms with Gasteiger partial charge in [0.25, 0.3) is 0 Å². The van der Waals surface area contributed by atoms with Gasteiger partial charge in [-0.25, -0.2) is 0 Å². The molecule has 0 aliphatic rings. The number of rotatable bonds is 6. The first-order chi connectivity index (χ1) is 7.31. The highest BCUT2D eigenvalue weighted by Gasteiger charge is 2.04. The van der Waals surface area contributed by atoms with Crippen LogP contribution in [0.4, 0.5) is 0 Å². The summed E-state index contributed by atoms with van der Waals surface area (Å²) >= 11 is 3.39. The number of benzene rings is 1. The summed E-state index contributed by atoms with van der Waals surface area (Å²) < 4.78 is 15.7. The molecule has 0 aliphatic carbocycles. The number of alkyl halides is 1. The number of hydrogen-bond donors (Lipinski definition) is 0. The van der Waals surface area contributed by atoms with Crippen molar-refractivity contribution >= 4 is 15.9 Å². The average Bonchev–Trinajstić information content (AvgIpc) is 2.29. The Morgan fingerprint density at radius 1 is 1.27 bits per heavy atom. The molecule has 1 rings (SSSR count). The molecule has 0 radical (unpaired) electrons. The van der Waals surface area contributed by atoms with E-state index in [0.29, 0.717) is 12.4 Å². The lowest BCUT2D eigenvalue weighted by atomic mass is 10.2. The van der Waals surface area contributed by atoms with Gasteiger partial charge in [-0.2, -0.15) is 0 Å². The van der Waals surface area contributed by atoms with Crippen molar-refractivity contribution in [3.8, 4) is 11.5 Å². The second-order valence-corrected chi connectivity index (χ2v) is 3.43. The van der Waals surface area contributed by atoms with Crippen LogP contribution in [0.3, 0.4) is 0 Å². The molecule has 0 saturated carbocycles. The first kappa shape index (κ1) is 12.3. The molecule has 0 aliphatic heterocycles. The highest BCUT2D eigenvalue weighted by atomic mass is 79.9. The molecule has 0 fully saturated rings. The molecule has 4 heteroatoms. The van der Waals surface area contributed by atoms with Crippen LogP contribution in [0.15, 0.2) is 18.2 Å². The van der Waals surface area contributed by atoms with Crippen LogP contribution in [-0.2, 0) is 10.1 Å². The Balaban J connectivity index is 2.72. The van der Waals surface area contributed by atoms with E-state index in [0.717, 1.165) is 16.6 Å². The van der Waals surface area contributed by atoms with Crippen molar-refractivity contribution in [3.63, 3.8) is 0 Å². The summed E-state index contributed by atoms with van der Waals surface area (Å²) in [7, 11) is 1.62. The molecule has 0 N–H and O–H groups in total. The van der Waals surface area contributed by atoms with Gasteiger partial charge in [-0.15, -0.1) is 0 Å². The van der Waals surface area contributed by atoms with Gasteiger partial charge in [-0.3, -0.25) is 0 Å². The zero-order valence-corrected chi connectivity index (χ0v) is 10.5.